The quantitative estimate of drug-likeness (QED) is 0.831. The second-order valence-corrected chi connectivity index (χ2v) is 5.44. The Balaban J connectivity index is 2.12. The molecule has 0 unspecified atom stereocenters. The second kappa shape index (κ2) is 4.84. The van der Waals surface area contributed by atoms with Crippen LogP contribution in [0.3, 0.4) is 0 Å². The topological polar surface area (TPSA) is 92.5 Å². The SMILES string of the molecule is C[C@]1(c2cccc3ccccc23)NC(=O)N(CC(N)=O)C1=O. The van der Waals surface area contributed by atoms with Gasteiger partial charge in [0.25, 0.3) is 5.91 Å². The maximum absolute atomic E-state index is 12.7. The van der Waals surface area contributed by atoms with Crippen molar-refractivity contribution < 1.29 is 14.4 Å². The molecule has 6 nitrogen and oxygen atoms in total. The number of benzene rings is 2. The van der Waals surface area contributed by atoms with E-state index in [2.05, 4.69) is 5.32 Å². The van der Waals surface area contributed by atoms with Crippen LogP contribution in [0.1, 0.15) is 12.5 Å². The van der Waals surface area contributed by atoms with Gasteiger partial charge in [0.05, 0.1) is 0 Å². The van der Waals surface area contributed by atoms with Crippen LogP contribution in [-0.2, 0) is 15.1 Å². The zero-order valence-corrected chi connectivity index (χ0v) is 12.0. The molecule has 1 aliphatic rings. The van der Waals surface area contributed by atoms with Gasteiger partial charge in [0.1, 0.15) is 12.1 Å². The number of hydrogen-bond acceptors (Lipinski definition) is 3. The van der Waals surface area contributed by atoms with Crippen LogP contribution in [0.4, 0.5) is 4.79 Å². The number of nitrogens with two attached hydrogens (primary N) is 1. The summed E-state index contributed by atoms with van der Waals surface area (Å²) in [6, 6.07) is 12.6. The number of fused-ring (bicyclic) bond motifs is 1. The van der Waals surface area contributed by atoms with Gasteiger partial charge in [-0.15, -0.1) is 0 Å². The Labute approximate surface area is 126 Å². The minimum Gasteiger partial charge on any atom is -0.368 e. The van der Waals surface area contributed by atoms with Gasteiger partial charge in [-0.05, 0) is 23.3 Å². The zero-order chi connectivity index (χ0) is 15.9. The molecule has 1 saturated heterocycles. The van der Waals surface area contributed by atoms with E-state index in [1.165, 1.54) is 0 Å². The monoisotopic (exact) mass is 297 g/mol. The molecule has 4 amide bonds. The summed E-state index contributed by atoms with van der Waals surface area (Å²) >= 11 is 0. The Morgan fingerprint density at radius 2 is 1.86 bits per heavy atom. The van der Waals surface area contributed by atoms with Crippen LogP contribution < -0.4 is 11.1 Å². The first kappa shape index (κ1) is 14.1. The highest BCUT2D eigenvalue weighted by Crippen LogP contribution is 2.33. The average Bonchev–Trinajstić information content (AvgIpc) is 2.70. The number of carbonyl (C=O) groups is 3. The molecule has 0 aromatic heterocycles. The van der Waals surface area contributed by atoms with Gasteiger partial charge in [-0.25, -0.2) is 4.79 Å². The first-order valence-corrected chi connectivity index (χ1v) is 6.84. The van der Waals surface area contributed by atoms with E-state index >= 15 is 0 Å². The summed E-state index contributed by atoms with van der Waals surface area (Å²) in [7, 11) is 0. The highest BCUT2D eigenvalue weighted by Gasteiger charge is 2.49. The standard InChI is InChI=1S/C16H15N3O3/c1-16(14(21)19(9-13(17)20)15(22)18-16)12-8-4-6-10-5-2-3-7-11(10)12/h2-8H,9H2,1H3,(H2,17,20)(H,18,22)/t16-/m1/s1. The molecule has 6 heteroatoms. The summed E-state index contributed by atoms with van der Waals surface area (Å²) in [4.78, 5) is 36.6. The number of nitrogens with one attached hydrogen (secondary N) is 1. The Bertz CT molecular complexity index is 797. The Morgan fingerprint density at radius 3 is 2.59 bits per heavy atom. The van der Waals surface area contributed by atoms with Crippen LogP contribution >= 0.6 is 0 Å². The highest BCUT2D eigenvalue weighted by molar-refractivity contribution is 6.10. The summed E-state index contributed by atoms with van der Waals surface area (Å²) in [5.41, 5.74) is 4.58. The average molecular weight is 297 g/mol. The highest BCUT2D eigenvalue weighted by atomic mass is 16.2. The van der Waals surface area contributed by atoms with Gasteiger partial charge in [0.15, 0.2) is 0 Å². The third kappa shape index (κ3) is 2.00. The minimum absolute atomic E-state index is 0.426. The van der Waals surface area contributed by atoms with Gasteiger partial charge in [-0.2, -0.15) is 0 Å². The van der Waals surface area contributed by atoms with E-state index < -0.39 is 29.9 Å². The lowest BCUT2D eigenvalue weighted by atomic mass is 9.88. The van der Waals surface area contributed by atoms with Gasteiger partial charge < -0.3 is 11.1 Å². The minimum atomic E-state index is -1.21. The number of imide groups is 1. The van der Waals surface area contributed by atoms with Crippen molar-refractivity contribution in [3.63, 3.8) is 0 Å². The lowest BCUT2D eigenvalue weighted by Gasteiger charge is -2.23. The molecule has 1 aliphatic heterocycles. The number of rotatable bonds is 3. The van der Waals surface area contributed by atoms with E-state index in [1.807, 2.05) is 36.4 Å². The van der Waals surface area contributed by atoms with Crippen LogP contribution in [0.2, 0.25) is 0 Å². The lowest BCUT2D eigenvalue weighted by molar-refractivity contribution is -0.134. The number of hydrogen-bond donors (Lipinski definition) is 2. The van der Waals surface area contributed by atoms with Crippen molar-refractivity contribution in [3.05, 3.63) is 48.0 Å². The molecule has 1 heterocycles. The van der Waals surface area contributed by atoms with E-state index in [9.17, 15) is 14.4 Å². The first-order valence-electron chi connectivity index (χ1n) is 6.84. The molecule has 3 N–H and O–H groups in total. The van der Waals surface area contributed by atoms with E-state index in [0.29, 0.717) is 5.56 Å². The summed E-state index contributed by atoms with van der Waals surface area (Å²) in [5, 5.41) is 4.52. The predicted octanol–water partition coefficient (Wildman–Crippen LogP) is 1.09. The molecule has 0 spiro atoms. The van der Waals surface area contributed by atoms with E-state index in [1.54, 1.807) is 13.0 Å². The predicted molar refractivity (Wildman–Crippen MR) is 80.7 cm³/mol. The third-order valence-electron chi connectivity index (χ3n) is 3.92. The fraction of sp³-hybridized carbons (Fsp3) is 0.188. The van der Waals surface area contributed by atoms with Crippen LogP contribution in [0, 0.1) is 0 Å². The molecule has 0 radical (unpaired) electrons. The Morgan fingerprint density at radius 1 is 1.18 bits per heavy atom. The molecule has 1 fully saturated rings. The number of primary amides is 1. The molecule has 2 aromatic rings. The number of urea groups is 1. The molecule has 0 bridgehead atoms. The number of carbonyl (C=O) groups excluding carboxylic acids is 3. The van der Waals surface area contributed by atoms with Gasteiger partial charge in [-0.1, -0.05) is 42.5 Å². The summed E-state index contributed by atoms with van der Waals surface area (Å²) in [5.74, 6) is -1.21. The fourth-order valence-corrected chi connectivity index (χ4v) is 2.84. The van der Waals surface area contributed by atoms with Crippen molar-refractivity contribution in [2.75, 3.05) is 6.54 Å². The van der Waals surface area contributed by atoms with Crippen molar-refractivity contribution in [1.82, 2.24) is 10.2 Å². The van der Waals surface area contributed by atoms with E-state index in [0.717, 1.165) is 15.7 Å². The van der Waals surface area contributed by atoms with Crippen LogP contribution in [0.5, 0.6) is 0 Å². The summed E-state index contributed by atoms with van der Waals surface area (Å²) < 4.78 is 0. The van der Waals surface area contributed by atoms with Crippen molar-refractivity contribution >= 4 is 28.6 Å². The zero-order valence-electron chi connectivity index (χ0n) is 12.0. The van der Waals surface area contributed by atoms with E-state index in [4.69, 9.17) is 5.73 Å². The molecule has 112 valence electrons. The molecule has 3 rings (SSSR count). The molecule has 0 saturated carbocycles. The molecular weight excluding hydrogens is 282 g/mol. The molecule has 0 aliphatic carbocycles. The summed E-state index contributed by atoms with van der Waals surface area (Å²) in [6.07, 6.45) is 0. The number of amides is 4. The van der Waals surface area contributed by atoms with Gasteiger partial charge in [-0.3, -0.25) is 14.5 Å². The van der Waals surface area contributed by atoms with Gasteiger partial charge in [0.2, 0.25) is 5.91 Å². The van der Waals surface area contributed by atoms with Crippen molar-refractivity contribution in [3.8, 4) is 0 Å². The third-order valence-corrected chi connectivity index (χ3v) is 3.92. The van der Waals surface area contributed by atoms with Crippen molar-refractivity contribution in [1.29, 1.82) is 0 Å². The van der Waals surface area contributed by atoms with Crippen molar-refractivity contribution in [2.24, 2.45) is 5.73 Å². The lowest BCUT2D eigenvalue weighted by Crippen LogP contribution is -2.42. The molecule has 22 heavy (non-hydrogen) atoms. The van der Waals surface area contributed by atoms with Crippen LogP contribution in [0.15, 0.2) is 42.5 Å². The maximum Gasteiger partial charge on any atom is 0.325 e. The Kier molecular flexibility index (Phi) is 3.09. The molecule has 2 aromatic carbocycles. The maximum atomic E-state index is 12.7. The van der Waals surface area contributed by atoms with Gasteiger partial charge >= 0.3 is 6.03 Å². The van der Waals surface area contributed by atoms with Crippen molar-refractivity contribution in [2.45, 2.75) is 12.5 Å². The largest absolute Gasteiger partial charge is 0.368 e. The van der Waals surface area contributed by atoms with Crippen LogP contribution in [0.25, 0.3) is 10.8 Å². The molecular formula is C16H15N3O3. The normalized spacial score (nSPS) is 21.2. The summed E-state index contributed by atoms with van der Waals surface area (Å²) in [6.45, 7) is 1.21. The Hall–Kier alpha value is -2.89. The van der Waals surface area contributed by atoms with Gasteiger partial charge in [0, 0.05) is 0 Å². The molecule has 1 atom stereocenters. The van der Waals surface area contributed by atoms with Crippen LogP contribution in [-0.4, -0.2) is 29.3 Å². The fourth-order valence-electron chi connectivity index (χ4n) is 2.84. The van der Waals surface area contributed by atoms with E-state index in [-0.39, 0.29) is 0 Å². The first-order chi connectivity index (χ1) is 10.4. The second-order valence-electron chi connectivity index (χ2n) is 5.44. The number of nitrogens with zero attached hydrogens (tertiary/aromatic N) is 1. The smallest absolute Gasteiger partial charge is 0.325 e.